The fourth-order valence-corrected chi connectivity index (χ4v) is 2.67. The number of halogens is 2. The standard InChI is InChI=1S/C13H12Br2N2/c1-8-3-4-12(9(2)5-8)17-13-11(15)6-10(14)7-16-13/h3-7H,1-2H3,(H,16,17). The van der Waals surface area contributed by atoms with Crippen LogP contribution in [0.15, 0.2) is 39.4 Å². The van der Waals surface area contributed by atoms with Gasteiger partial charge < -0.3 is 5.32 Å². The maximum Gasteiger partial charge on any atom is 0.144 e. The Balaban J connectivity index is 2.31. The summed E-state index contributed by atoms with van der Waals surface area (Å²) < 4.78 is 1.89. The Bertz CT molecular complexity index is 504. The van der Waals surface area contributed by atoms with E-state index in [0.717, 1.165) is 20.5 Å². The Labute approximate surface area is 118 Å². The minimum Gasteiger partial charge on any atom is -0.339 e. The Morgan fingerprint density at radius 2 is 1.88 bits per heavy atom. The quantitative estimate of drug-likeness (QED) is 0.822. The molecule has 0 saturated carbocycles. The number of hydrogen-bond donors (Lipinski definition) is 1. The van der Waals surface area contributed by atoms with Crippen LogP contribution in [0.2, 0.25) is 0 Å². The van der Waals surface area contributed by atoms with Crippen molar-refractivity contribution in [1.29, 1.82) is 0 Å². The van der Waals surface area contributed by atoms with Crippen LogP contribution in [-0.2, 0) is 0 Å². The lowest BCUT2D eigenvalue weighted by Gasteiger charge is -2.11. The van der Waals surface area contributed by atoms with E-state index >= 15 is 0 Å². The molecular weight excluding hydrogens is 344 g/mol. The van der Waals surface area contributed by atoms with Crippen molar-refractivity contribution < 1.29 is 0 Å². The first-order chi connectivity index (χ1) is 8.06. The van der Waals surface area contributed by atoms with Gasteiger partial charge in [-0.1, -0.05) is 17.7 Å². The molecule has 0 aliphatic rings. The monoisotopic (exact) mass is 354 g/mol. The first kappa shape index (κ1) is 12.6. The summed E-state index contributed by atoms with van der Waals surface area (Å²) in [6.07, 6.45) is 1.77. The van der Waals surface area contributed by atoms with E-state index in [9.17, 15) is 0 Å². The fraction of sp³-hybridized carbons (Fsp3) is 0.154. The molecule has 0 bridgehead atoms. The summed E-state index contributed by atoms with van der Waals surface area (Å²) in [5.41, 5.74) is 3.55. The van der Waals surface area contributed by atoms with E-state index in [4.69, 9.17) is 0 Å². The second-order valence-corrected chi connectivity index (χ2v) is 5.70. The van der Waals surface area contributed by atoms with Crippen LogP contribution in [0, 0.1) is 13.8 Å². The molecule has 1 aromatic heterocycles. The summed E-state index contributed by atoms with van der Waals surface area (Å²) in [6, 6.07) is 8.27. The van der Waals surface area contributed by atoms with E-state index in [1.54, 1.807) is 6.20 Å². The third-order valence-electron chi connectivity index (χ3n) is 2.44. The van der Waals surface area contributed by atoms with Crippen LogP contribution < -0.4 is 5.32 Å². The molecule has 0 saturated heterocycles. The Kier molecular flexibility index (Phi) is 3.84. The summed E-state index contributed by atoms with van der Waals surface area (Å²) in [6.45, 7) is 4.17. The van der Waals surface area contributed by atoms with Crippen LogP contribution in [0.25, 0.3) is 0 Å². The summed E-state index contributed by atoms with van der Waals surface area (Å²) in [4.78, 5) is 4.33. The lowest BCUT2D eigenvalue weighted by molar-refractivity contribution is 1.26. The van der Waals surface area contributed by atoms with Crippen LogP contribution in [-0.4, -0.2) is 4.98 Å². The number of nitrogens with one attached hydrogen (secondary N) is 1. The number of anilines is 2. The van der Waals surface area contributed by atoms with Gasteiger partial charge in [-0.15, -0.1) is 0 Å². The summed E-state index contributed by atoms with van der Waals surface area (Å²) in [5.74, 6) is 0.820. The largest absolute Gasteiger partial charge is 0.339 e. The van der Waals surface area contributed by atoms with Crippen molar-refractivity contribution in [2.24, 2.45) is 0 Å². The predicted octanol–water partition coefficient (Wildman–Crippen LogP) is 4.97. The van der Waals surface area contributed by atoms with Gasteiger partial charge in [-0.3, -0.25) is 0 Å². The molecular formula is C13H12Br2N2. The topological polar surface area (TPSA) is 24.9 Å². The highest BCUT2D eigenvalue weighted by Gasteiger charge is 2.04. The zero-order valence-electron chi connectivity index (χ0n) is 9.59. The van der Waals surface area contributed by atoms with E-state index < -0.39 is 0 Å². The van der Waals surface area contributed by atoms with Crippen molar-refractivity contribution >= 4 is 43.4 Å². The lowest BCUT2D eigenvalue weighted by atomic mass is 10.1. The van der Waals surface area contributed by atoms with Crippen molar-refractivity contribution in [2.45, 2.75) is 13.8 Å². The van der Waals surface area contributed by atoms with Crippen LogP contribution in [0.5, 0.6) is 0 Å². The smallest absolute Gasteiger partial charge is 0.144 e. The SMILES string of the molecule is Cc1ccc(Nc2ncc(Br)cc2Br)c(C)c1. The van der Waals surface area contributed by atoms with Gasteiger partial charge in [-0.2, -0.15) is 0 Å². The minimum absolute atomic E-state index is 0.820. The van der Waals surface area contributed by atoms with Gasteiger partial charge >= 0.3 is 0 Å². The molecule has 0 atom stereocenters. The maximum atomic E-state index is 4.33. The number of rotatable bonds is 2. The number of aromatic nitrogens is 1. The average Bonchev–Trinajstić information content (AvgIpc) is 2.25. The molecule has 2 aromatic rings. The first-order valence-corrected chi connectivity index (χ1v) is 6.80. The molecule has 0 radical (unpaired) electrons. The third kappa shape index (κ3) is 3.07. The van der Waals surface area contributed by atoms with Crippen molar-refractivity contribution in [1.82, 2.24) is 4.98 Å². The van der Waals surface area contributed by atoms with Gasteiger partial charge in [0.05, 0.1) is 4.47 Å². The van der Waals surface area contributed by atoms with Gasteiger partial charge in [0.25, 0.3) is 0 Å². The molecule has 0 spiro atoms. The Morgan fingerprint density at radius 1 is 1.12 bits per heavy atom. The lowest BCUT2D eigenvalue weighted by Crippen LogP contribution is -1.96. The number of benzene rings is 1. The molecule has 0 aliphatic heterocycles. The zero-order valence-corrected chi connectivity index (χ0v) is 12.8. The van der Waals surface area contributed by atoms with Gasteiger partial charge in [-0.25, -0.2) is 4.98 Å². The molecule has 1 aromatic carbocycles. The second kappa shape index (κ2) is 5.19. The number of pyridine rings is 1. The van der Waals surface area contributed by atoms with E-state index in [1.165, 1.54) is 11.1 Å². The van der Waals surface area contributed by atoms with E-state index in [-0.39, 0.29) is 0 Å². The Hall–Kier alpha value is -0.870. The molecule has 0 fully saturated rings. The van der Waals surface area contributed by atoms with Gasteiger partial charge in [0.15, 0.2) is 0 Å². The molecule has 1 N–H and O–H groups in total. The molecule has 0 amide bonds. The highest BCUT2D eigenvalue weighted by atomic mass is 79.9. The summed E-state index contributed by atoms with van der Waals surface area (Å²) in [5, 5.41) is 3.32. The van der Waals surface area contributed by atoms with Gasteiger partial charge in [0, 0.05) is 16.4 Å². The molecule has 2 rings (SSSR count). The van der Waals surface area contributed by atoms with E-state index in [0.29, 0.717) is 0 Å². The summed E-state index contributed by atoms with van der Waals surface area (Å²) in [7, 11) is 0. The first-order valence-electron chi connectivity index (χ1n) is 5.21. The van der Waals surface area contributed by atoms with Crippen LogP contribution in [0.1, 0.15) is 11.1 Å². The molecule has 88 valence electrons. The van der Waals surface area contributed by atoms with Gasteiger partial charge in [0.2, 0.25) is 0 Å². The van der Waals surface area contributed by atoms with Crippen LogP contribution >= 0.6 is 31.9 Å². The van der Waals surface area contributed by atoms with Crippen LogP contribution in [0.4, 0.5) is 11.5 Å². The fourth-order valence-electron chi connectivity index (χ4n) is 1.59. The Morgan fingerprint density at radius 3 is 2.53 bits per heavy atom. The van der Waals surface area contributed by atoms with Crippen LogP contribution in [0.3, 0.4) is 0 Å². The number of hydrogen-bond acceptors (Lipinski definition) is 2. The molecule has 17 heavy (non-hydrogen) atoms. The van der Waals surface area contributed by atoms with Crippen molar-refractivity contribution in [3.63, 3.8) is 0 Å². The number of aryl methyl sites for hydroxylation is 2. The highest BCUT2D eigenvalue weighted by Crippen LogP contribution is 2.27. The van der Waals surface area contributed by atoms with Crippen molar-refractivity contribution in [3.05, 3.63) is 50.5 Å². The van der Waals surface area contributed by atoms with E-state index in [2.05, 4.69) is 74.2 Å². The third-order valence-corrected chi connectivity index (χ3v) is 3.48. The predicted molar refractivity (Wildman–Crippen MR) is 78.8 cm³/mol. The number of nitrogens with zero attached hydrogens (tertiary/aromatic N) is 1. The molecule has 2 nitrogen and oxygen atoms in total. The zero-order chi connectivity index (χ0) is 12.4. The maximum absolute atomic E-state index is 4.33. The van der Waals surface area contributed by atoms with Gasteiger partial charge in [-0.05, 0) is 63.4 Å². The minimum atomic E-state index is 0.820. The normalized spacial score (nSPS) is 10.4. The molecule has 1 heterocycles. The molecule has 4 heteroatoms. The highest BCUT2D eigenvalue weighted by molar-refractivity contribution is 9.11. The van der Waals surface area contributed by atoms with E-state index in [1.807, 2.05) is 6.07 Å². The van der Waals surface area contributed by atoms with Crippen molar-refractivity contribution in [3.8, 4) is 0 Å². The van der Waals surface area contributed by atoms with Crippen molar-refractivity contribution in [2.75, 3.05) is 5.32 Å². The van der Waals surface area contributed by atoms with Gasteiger partial charge in [0.1, 0.15) is 5.82 Å². The second-order valence-electron chi connectivity index (χ2n) is 3.93. The molecule has 0 unspecified atom stereocenters. The molecule has 0 aliphatic carbocycles. The average molecular weight is 356 g/mol. The summed E-state index contributed by atoms with van der Waals surface area (Å²) >= 11 is 6.87.